The normalized spacial score (nSPS) is 13.2. The van der Waals surface area contributed by atoms with E-state index in [2.05, 4.69) is 53.3 Å². The molecule has 1 atom stereocenters. The van der Waals surface area contributed by atoms with Crippen LogP contribution in [0.2, 0.25) is 5.15 Å². The van der Waals surface area contributed by atoms with Crippen LogP contribution in [0.3, 0.4) is 0 Å². The van der Waals surface area contributed by atoms with Gasteiger partial charge in [-0.25, -0.2) is 15.0 Å². The summed E-state index contributed by atoms with van der Waals surface area (Å²) >= 11 is 7.69. The van der Waals surface area contributed by atoms with Gasteiger partial charge in [0.1, 0.15) is 21.3 Å². The van der Waals surface area contributed by atoms with E-state index in [1.54, 1.807) is 6.20 Å². The fourth-order valence-corrected chi connectivity index (χ4v) is 3.27. The highest BCUT2D eigenvalue weighted by atomic mass is 35.5. The van der Waals surface area contributed by atoms with Crippen molar-refractivity contribution in [2.24, 2.45) is 5.41 Å². The van der Waals surface area contributed by atoms with Crippen LogP contribution in [0.25, 0.3) is 10.3 Å². The van der Waals surface area contributed by atoms with Crippen molar-refractivity contribution in [2.75, 3.05) is 5.32 Å². The fraction of sp³-hybridized carbons (Fsp3) is 0.389. The zero-order chi connectivity index (χ0) is 18.0. The Morgan fingerprint density at radius 3 is 2.76 bits per heavy atom. The Morgan fingerprint density at radius 1 is 1.24 bits per heavy atom. The Morgan fingerprint density at radius 2 is 2.04 bits per heavy atom. The molecule has 3 rings (SSSR count). The van der Waals surface area contributed by atoms with Gasteiger partial charge in [-0.2, -0.15) is 0 Å². The second kappa shape index (κ2) is 7.23. The third-order valence-corrected chi connectivity index (χ3v) is 5.25. The molecular weight excluding hydrogens is 354 g/mol. The molecule has 0 fully saturated rings. The molecule has 0 saturated heterocycles. The van der Waals surface area contributed by atoms with E-state index in [4.69, 9.17) is 11.6 Å². The molecule has 0 saturated carbocycles. The summed E-state index contributed by atoms with van der Waals surface area (Å²) in [7, 11) is 0. The van der Waals surface area contributed by atoms with Gasteiger partial charge < -0.3 is 10.6 Å². The lowest BCUT2D eigenvalue weighted by Gasteiger charge is -2.28. The van der Waals surface area contributed by atoms with Gasteiger partial charge in [0.05, 0.1) is 0 Å². The number of pyridine rings is 2. The van der Waals surface area contributed by atoms with Crippen LogP contribution in [-0.4, -0.2) is 21.0 Å². The molecule has 25 heavy (non-hydrogen) atoms. The van der Waals surface area contributed by atoms with Crippen LogP contribution in [0.1, 0.15) is 33.3 Å². The van der Waals surface area contributed by atoms with Gasteiger partial charge in [0.25, 0.3) is 0 Å². The minimum absolute atomic E-state index is 0.200. The Kier molecular flexibility index (Phi) is 5.22. The van der Waals surface area contributed by atoms with E-state index >= 15 is 0 Å². The summed E-state index contributed by atoms with van der Waals surface area (Å²) in [6.07, 6.45) is 1.77. The molecule has 3 heterocycles. The SMILES string of the molecule is CC(NCc1cc(Cl)nc(Nc2nc3cccnc3s2)c1)C(C)(C)C. The molecule has 1 unspecified atom stereocenters. The van der Waals surface area contributed by atoms with Crippen LogP contribution in [-0.2, 0) is 6.54 Å². The molecule has 3 aromatic rings. The molecule has 0 aliphatic carbocycles. The van der Waals surface area contributed by atoms with Crippen molar-refractivity contribution in [1.29, 1.82) is 0 Å². The van der Waals surface area contributed by atoms with Gasteiger partial charge in [0.15, 0.2) is 5.13 Å². The monoisotopic (exact) mass is 375 g/mol. The highest BCUT2D eigenvalue weighted by Crippen LogP contribution is 2.27. The van der Waals surface area contributed by atoms with E-state index in [9.17, 15) is 0 Å². The highest BCUT2D eigenvalue weighted by Gasteiger charge is 2.19. The summed E-state index contributed by atoms with van der Waals surface area (Å²) in [4.78, 5) is 14.1. The number of anilines is 2. The molecule has 0 amide bonds. The molecule has 0 aliphatic heterocycles. The molecule has 3 aromatic heterocycles. The standard InChI is InChI=1S/C18H22ClN5S/c1-11(18(2,3)4)21-10-12-8-14(19)23-15(9-12)24-17-22-13-6-5-7-20-16(13)25-17/h5-9,11,21H,10H2,1-4H3,(H,22,23,24). The Labute approximate surface area is 156 Å². The largest absolute Gasteiger partial charge is 0.316 e. The average molecular weight is 376 g/mol. The number of hydrogen-bond acceptors (Lipinski definition) is 6. The van der Waals surface area contributed by atoms with Gasteiger partial charge in [-0.1, -0.05) is 43.7 Å². The molecule has 2 N–H and O–H groups in total. The zero-order valence-electron chi connectivity index (χ0n) is 14.8. The number of halogens is 1. The van der Waals surface area contributed by atoms with Crippen LogP contribution >= 0.6 is 22.9 Å². The van der Waals surface area contributed by atoms with Crippen LogP contribution in [0, 0.1) is 5.41 Å². The first-order valence-corrected chi connectivity index (χ1v) is 9.39. The molecule has 0 bridgehead atoms. The Balaban J connectivity index is 1.75. The maximum atomic E-state index is 6.19. The summed E-state index contributed by atoms with van der Waals surface area (Å²) in [5, 5.41) is 8.00. The topological polar surface area (TPSA) is 62.7 Å². The van der Waals surface area contributed by atoms with Crippen LogP contribution in [0.5, 0.6) is 0 Å². The van der Waals surface area contributed by atoms with Crippen LogP contribution in [0.15, 0.2) is 30.5 Å². The Bertz CT molecular complexity index is 838. The first-order chi connectivity index (χ1) is 11.8. The second-order valence-electron chi connectivity index (χ2n) is 7.12. The average Bonchev–Trinajstić information content (AvgIpc) is 2.93. The summed E-state index contributed by atoms with van der Waals surface area (Å²) < 4.78 is 0. The smallest absolute Gasteiger partial charge is 0.190 e. The van der Waals surface area contributed by atoms with Crippen molar-refractivity contribution in [1.82, 2.24) is 20.3 Å². The molecule has 5 nitrogen and oxygen atoms in total. The number of rotatable bonds is 5. The number of fused-ring (bicyclic) bond motifs is 1. The number of thiazole rings is 1. The molecular formula is C18H22ClN5S. The number of aromatic nitrogens is 3. The minimum Gasteiger partial charge on any atom is -0.316 e. The predicted octanol–water partition coefficient (Wildman–Crippen LogP) is 5.01. The second-order valence-corrected chi connectivity index (χ2v) is 8.49. The zero-order valence-corrected chi connectivity index (χ0v) is 16.4. The lowest BCUT2D eigenvalue weighted by atomic mass is 9.88. The number of nitrogens with zero attached hydrogens (tertiary/aromatic N) is 3. The molecule has 7 heteroatoms. The van der Waals surface area contributed by atoms with Gasteiger partial charge in [-0.3, -0.25) is 0 Å². The van der Waals surface area contributed by atoms with Gasteiger partial charge in [0.2, 0.25) is 0 Å². The van der Waals surface area contributed by atoms with Crippen LogP contribution < -0.4 is 10.6 Å². The van der Waals surface area contributed by atoms with Crippen molar-refractivity contribution < 1.29 is 0 Å². The van der Waals surface area contributed by atoms with Crippen molar-refractivity contribution >= 4 is 44.2 Å². The third kappa shape index (κ3) is 4.66. The maximum absolute atomic E-state index is 6.19. The summed E-state index contributed by atoms with van der Waals surface area (Å²) in [5.41, 5.74) is 2.15. The van der Waals surface area contributed by atoms with Crippen LogP contribution in [0.4, 0.5) is 10.9 Å². The first kappa shape index (κ1) is 18.0. The number of hydrogen-bond donors (Lipinski definition) is 2. The molecule has 0 radical (unpaired) electrons. The van der Waals surface area contributed by atoms with Crippen molar-refractivity contribution in [2.45, 2.75) is 40.3 Å². The minimum atomic E-state index is 0.200. The van der Waals surface area contributed by atoms with E-state index < -0.39 is 0 Å². The van der Waals surface area contributed by atoms with E-state index in [-0.39, 0.29) is 5.41 Å². The van der Waals surface area contributed by atoms with Crippen molar-refractivity contribution in [3.63, 3.8) is 0 Å². The molecule has 132 valence electrons. The third-order valence-electron chi connectivity index (χ3n) is 4.17. The predicted molar refractivity (Wildman–Crippen MR) is 106 cm³/mol. The lowest BCUT2D eigenvalue weighted by Crippen LogP contribution is -2.37. The fourth-order valence-electron chi connectivity index (χ4n) is 2.23. The first-order valence-electron chi connectivity index (χ1n) is 8.20. The summed E-state index contributed by atoms with van der Waals surface area (Å²) in [5.74, 6) is 0.687. The van der Waals surface area contributed by atoms with Crippen molar-refractivity contribution in [3.8, 4) is 0 Å². The van der Waals surface area contributed by atoms with E-state index in [0.29, 0.717) is 17.0 Å². The highest BCUT2D eigenvalue weighted by molar-refractivity contribution is 7.21. The van der Waals surface area contributed by atoms with Gasteiger partial charge >= 0.3 is 0 Å². The number of nitrogens with one attached hydrogen (secondary N) is 2. The molecule has 0 aliphatic rings. The van der Waals surface area contributed by atoms with Gasteiger partial charge in [-0.15, -0.1) is 0 Å². The van der Waals surface area contributed by atoms with E-state index in [0.717, 1.165) is 27.6 Å². The van der Waals surface area contributed by atoms with E-state index in [1.165, 1.54) is 11.3 Å². The quantitative estimate of drug-likeness (QED) is 0.614. The van der Waals surface area contributed by atoms with E-state index in [1.807, 2.05) is 24.3 Å². The molecule has 0 aromatic carbocycles. The lowest BCUT2D eigenvalue weighted by molar-refractivity contribution is 0.285. The molecule has 0 spiro atoms. The summed E-state index contributed by atoms with van der Waals surface area (Å²) in [6.45, 7) is 9.59. The van der Waals surface area contributed by atoms with Crippen molar-refractivity contribution in [3.05, 3.63) is 41.2 Å². The maximum Gasteiger partial charge on any atom is 0.190 e. The van der Waals surface area contributed by atoms with Gasteiger partial charge in [-0.05, 0) is 42.2 Å². The van der Waals surface area contributed by atoms with Gasteiger partial charge in [0, 0.05) is 18.8 Å². The summed E-state index contributed by atoms with van der Waals surface area (Å²) in [6, 6.07) is 8.08. The Hall–Kier alpha value is -1.76.